The van der Waals surface area contributed by atoms with Gasteiger partial charge in [-0.2, -0.15) is 13.2 Å². The summed E-state index contributed by atoms with van der Waals surface area (Å²) < 4.78 is 61.9. The van der Waals surface area contributed by atoms with Crippen molar-refractivity contribution in [3.05, 3.63) is 71.5 Å². The van der Waals surface area contributed by atoms with Gasteiger partial charge in [0, 0.05) is 31.2 Å². The zero-order valence-electron chi connectivity index (χ0n) is 22.8. The van der Waals surface area contributed by atoms with Gasteiger partial charge in [-0.25, -0.2) is 9.07 Å². The first-order valence-electron chi connectivity index (χ1n) is 13.5. The molecule has 10 nitrogen and oxygen atoms in total. The van der Waals surface area contributed by atoms with Crippen LogP contribution in [0.4, 0.5) is 17.6 Å². The predicted molar refractivity (Wildman–Crippen MR) is 144 cm³/mol. The summed E-state index contributed by atoms with van der Waals surface area (Å²) in [5.41, 5.74) is 1.50. The number of aromatic nitrogens is 3. The monoisotopic (exact) mass is 592 g/mol. The van der Waals surface area contributed by atoms with Gasteiger partial charge in [-0.15, -0.1) is 5.10 Å². The van der Waals surface area contributed by atoms with Crippen molar-refractivity contribution >= 4 is 11.8 Å². The van der Waals surface area contributed by atoms with Gasteiger partial charge in [0.05, 0.1) is 19.4 Å². The molecule has 0 radical (unpaired) electrons. The molecule has 0 aliphatic carbocycles. The Balaban J connectivity index is 1.39. The van der Waals surface area contributed by atoms with Crippen LogP contribution in [-0.4, -0.2) is 90.1 Å². The third-order valence-corrected chi connectivity index (χ3v) is 6.52. The van der Waals surface area contributed by atoms with E-state index in [1.54, 1.807) is 5.32 Å². The number of halogens is 4. The molecule has 1 aromatic heterocycles. The smallest absolute Gasteiger partial charge is 0.405 e. The van der Waals surface area contributed by atoms with Crippen molar-refractivity contribution in [2.24, 2.45) is 0 Å². The summed E-state index contributed by atoms with van der Waals surface area (Å²) in [4.78, 5) is 27.5. The molecule has 0 spiro atoms. The van der Waals surface area contributed by atoms with E-state index in [1.165, 1.54) is 34.6 Å². The molecule has 14 heteroatoms. The minimum absolute atomic E-state index is 0.0209. The first kappa shape index (κ1) is 30.9. The van der Waals surface area contributed by atoms with E-state index in [1.807, 2.05) is 18.2 Å². The number of amides is 2. The van der Waals surface area contributed by atoms with Gasteiger partial charge in [0.15, 0.2) is 5.69 Å². The van der Waals surface area contributed by atoms with Crippen LogP contribution in [0.2, 0.25) is 0 Å². The largest absolute Gasteiger partial charge is 0.489 e. The Morgan fingerprint density at radius 2 is 1.76 bits per heavy atom. The van der Waals surface area contributed by atoms with E-state index in [4.69, 9.17) is 9.47 Å². The molecule has 0 bridgehead atoms. The molecule has 3 aromatic rings. The highest BCUT2D eigenvalue weighted by Gasteiger charge is 2.28. The van der Waals surface area contributed by atoms with E-state index in [-0.39, 0.29) is 48.6 Å². The average molecular weight is 593 g/mol. The highest BCUT2D eigenvalue weighted by Crippen LogP contribution is 2.25. The maximum atomic E-state index is 12.9. The molecule has 2 heterocycles. The highest BCUT2D eigenvalue weighted by atomic mass is 19.4. The Morgan fingerprint density at radius 1 is 1.00 bits per heavy atom. The second kappa shape index (κ2) is 14.7. The van der Waals surface area contributed by atoms with Crippen molar-refractivity contribution in [3.8, 4) is 11.4 Å². The minimum atomic E-state index is -4.57. The molecule has 0 unspecified atom stereocenters. The van der Waals surface area contributed by atoms with Crippen LogP contribution < -0.4 is 15.4 Å². The van der Waals surface area contributed by atoms with Crippen LogP contribution >= 0.6 is 0 Å². The second-order valence-electron chi connectivity index (χ2n) is 9.69. The van der Waals surface area contributed by atoms with Gasteiger partial charge in [0.1, 0.15) is 31.3 Å². The number of piperidine rings is 1. The Morgan fingerprint density at radius 3 is 2.48 bits per heavy atom. The van der Waals surface area contributed by atoms with Crippen LogP contribution in [0.5, 0.6) is 5.75 Å². The van der Waals surface area contributed by atoms with Crippen LogP contribution in [0.15, 0.2) is 54.7 Å². The molecule has 4 rings (SSSR count). The average Bonchev–Trinajstić information content (AvgIpc) is 3.47. The van der Waals surface area contributed by atoms with Crippen molar-refractivity contribution in [2.45, 2.75) is 31.6 Å². The predicted octanol–water partition coefficient (Wildman–Crippen LogP) is 3.32. The summed E-state index contributed by atoms with van der Waals surface area (Å²) in [5, 5.41) is 12.8. The van der Waals surface area contributed by atoms with E-state index in [0.29, 0.717) is 0 Å². The maximum absolute atomic E-state index is 12.9. The Hall–Kier alpha value is -4.04. The van der Waals surface area contributed by atoms with Crippen molar-refractivity contribution in [3.63, 3.8) is 0 Å². The summed E-state index contributed by atoms with van der Waals surface area (Å²) in [6.07, 6.45) is -1.61. The van der Waals surface area contributed by atoms with Crippen molar-refractivity contribution < 1.29 is 36.6 Å². The van der Waals surface area contributed by atoms with Gasteiger partial charge in [-0.3, -0.25) is 14.5 Å². The number of benzene rings is 2. The number of carbonyl (C=O) groups is 2. The number of hydrogen-bond donors (Lipinski definition) is 2. The van der Waals surface area contributed by atoms with E-state index in [0.717, 1.165) is 32.5 Å². The number of likely N-dealkylation sites (tertiary alicyclic amines) is 1. The lowest BCUT2D eigenvalue weighted by Crippen LogP contribution is -2.44. The number of hydrogen-bond acceptors (Lipinski definition) is 7. The van der Waals surface area contributed by atoms with Crippen LogP contribution in [0.3, 0.4) is 0 Å². The lowest BCUT2D eigenvalue weighted by molar-refractivity contribution is -0.123. The van der Waals surface area contributed by atoms with Gasteiger partial charge in [-0.05, 0) is 36.6 Å². The topological polar surface area (TPSA) is 111 Å². The molecule has 42 heavy (non-hydrogen) atoms. The first-order chi connectivity index (χ1) is 20.2. The fourth-order valence-electron chi connectivity index (χ4n) is 4.43. The van der Waals surface area contributed by atoms with E-state index >= 15 is 0 Å². The summed E-state index contributed by atoms with van der Waals surface area (Å²) in [6.45, 7) is 0.241. The molecule has 226 valence electrons. The van der Waals surface area contributed by atoms with Crippen molar-refractivity contribution in [2.75, 3.05) is 46.1 Å². The second-order valence-corrected chi connectivity index (χ2v) is 9.69. The summed E-state index contributed by atoms with van der Waals surface area (Å²) in [7, 11) is 0. The number of carbonyl (C=O) groups excluding carboxylic acids is 2. The van der Waals surface area contributed by atoms with Crippen molar-refractivity contribution in [1.82, 2.24) is 30.5 Å². The summed E-state index contributed by atoms with van der Waals surface area (Å²) in [5.74, 6) is -1.26. The Labute approximate surface area is 240 Å². The summed E-state index contributed by atoms with van der Waals surface area (Å²) >= 11 is 0. The van der Waals surface area contributed by atoms with Gasteiger partial charge >= 0.3 is 6.18 Å². The number of alkyl halides is 4. The molecule has 1 fully saturated rings. The fourth-order valence-corrected chi connectivity index (χ4v) is 4.43. The van der Waals surface area contributed by atoms with Gasteiger partial charge in [0.25, 0.3) is 11.8 Å². The lowest BCUT2D eigenvalue weighted by Gasteiger charge is -2.32. The Bertz CT molecular complexity index is 1310. The molecule has 1 aliphatic heterocycles. The number of nitrogens with zero attached hydrogens (tertiary/aromatic N) is 4. The zero-order chi connectivity index (χ0) is 30.0. The van der Waals surface area contributed by atoms with Gasteiger partial charge < -0.3 is 20.1 Å². The number of rotatable bonds is 13. The third-order valence-electron chi connectivity index (χ3n) is 6.52. The van der Waals surface area contributed by atoms with Crippen molar-refractivity contribution in [1.29, 1.82) is 0 Å². The zero-order valence-corrected chi connectivity index (χ0v) is 22.8. The molecule has 0 atom stereocenters. The Kier molecular flexibility index (Phi) is 10.8. The molecule has 1 aliphatic rings. The SMILES string of the molecule is O=C(NCC(F)(F)F)c1ccc(-n2cc(C(=O)NC3CCN(Cc4ccccc4)CC3)nn2)c(OCCOCCF)c1. The summed E-state index contributed by atoms with van der Waals surface area (Å²) in [6, 6.07) is 14.1. The quantitative estimate of drug-likeness (QED) is 0.232. The normalized spacial score (nSPS) is 14.5. The molecule has 2 aromatic carbocycles. The first-order valence-corrected chi connectivity index (χ1v) is 13.5. The number of nitrogens with one attached hydrogen (secondary N) is 2. The minimum Gasteiger partial charge on any atom is -0.489 e. The molecule has 1 saturated heterocycles. The highest BCUT2D eigenvalue weighted by molar-refractivity contribution is 5.95. The molecular formula is C28H32F4N6O4. The maximum Gasteiger partial charge on any atom is 0.405 e. The van der Waals surface area contributed by atoms with Gasteiger partial charge in [-0.1, -0.05) is 35.5 Å². The van der Waals surface area contributed by atoms with E-state index < -0.39 is 31.2 Å². The van der Waals surface area contributed by atoms with Gasteiger partial charge in [0.2, 0.25) is 0 Å². The van der Waals surface area contributed by atoms with E-state index in [2.05, 4.69) is 32.7 Å². The standard InChI is InChI=1S/C28H32F4N6O4/c29-10-13-41-14-15-42-25-16-21(26(39)33-19-28(30,31)32)6-7-24(25)38-18-23(35-36-38)27(40)34-22-8-11-37(12-9-22)17-20-4-2-1-3-5-20/h1-7,16,18,22H,8-15,17,19H2,(H,33,39)(H,34,40). The molecule has 2 N–H and O–H groups in total. The van der Waals surface area contributed by atoms with Crippen LogP contribution in [-0.2, 0) is 11.3 Å². The van der Waals surface area contributed by atoms with Crippen LogP contribution in [0.25, 0.3) is 5.69 Å². The third kappa shape index (κ3) is 9.24. The fraction of sp³-hybridized carbons (Fsp3) is 0.429. The molecular weight excluding hydrogens is 560 g/mol. The van der Waals surface area contributed by atoms with Crippen LogP contribution in [0, 0.1) is 0 Å². The lowest BCUT2D eigenvalue weighted by atomic mass is 10.0. The molecule has 2 amide bonds. The van der Waals surface area contributed by atoms with Crippen LogP contribution in [0.1, 0.15) is 39.3 Å². The molecule has 0 saturated carbocycles. The van der Waals surface area contributed by atoms with E-state index in [9.17, 15) is 27.2 Å². The number of ether oxygens (including phenoxy) is 2.